The van der Waals surface area contributed by atoms with Crippen molar-refractivity contribution in [2.45, 2.75) is 108 Å². The minimum atomic E-state index is -1.74. The number of carboxylic acids is 3. The van der Waals surface area contributed by atoms with E-state index < -0.39 is 109 Å². The molecule has 1 heterocycles. The predicted molar refractivity (Wildman–Crippen MR) is 273 cm³/mol. The molecule has 0 saturated heterocycles. The van der Waals surface area contributed by atoms with E-state index in [-0.39, 0.29) is 37.9 Å². The molecular formula is C53H63N9O13. The summed E-state index contributed by atoms with van der Waals surface area (Å²) in [6, 6.07) is 20.8. The fourth-order valence-electron chi connectivity index (χ4n) is 7.93. The first-order valence-corrected chi connectivity index (χ1v) is 24.3. The first-order valence-electron chi connectivity index (χ1n) is 24.3. The molecular weight excluding hydrogens is 971 g/mol. The number of aromatic amines is 1. The van der Waals surface area contributed by atoms with Crippen molar-refractivity contribution in [1.82, 2.24) is 47.7 Å². The monoisotopic (exact) mass is 1030 g/mol. The number of carbonyl (C=O) groups is 9. The lowest BCUT2D eigenvalue weighted by Gasteiger charge is -2.27. The van der Waals surface area contributed by atoms with Crippen LogP contribution < -0.4 is 42.8 Å². The van der Waals surface area contributed by atoms with Gasteiger partial charge in [-0.2, -0.15) is 0 Å². The number of hydrogen-bond acceptors (Lipinski definition) is 12. The number of nitrogens with one attached hydrogen (secondary N) is 9. The van der Waals surface area contributed by atoms with Crippen LogP contribution in [0.2, 0.25) is 0 Å². The van der Waals surface area contributed by atoms with Crippen LogP contribution in [0.4, 0.5) is 0 Å². The summed E-state index contributed by atoms with van der Waals surface area (Å²) >= 11 is 0. The number of fused-ring (bicyclic) bond motifs is 1. The van der Waals surface area contributed by atoms with Crippen LogP contribution >= 0.6 is 0 Å². The van der Waals surface area contributed by atoms with Gasteiger partial charge in [0.25, 0.3) is 0 Å². The topological polar surface area (TPSA) is 347 Å². The van der Waals surface area contributed by atoms with E-state index in [0.717, 1.165) is 10.9 Å². The molecule has 0 aliphatic rings. The zero-order valence-corrected chi connectivity index (χ0v) is 41.3. The maximum Gasteiger partial charge on any atom is 0.326 e. The Kier molecular flexibility index (Phi) is 21.8. The number of aromatic hydroxyl groups is 1. The summed E-state index contributed by atoms with van der Waals surface area (Å²) < 4.78 is 0. The van der Waals surface area contributed by atoms with Gasteiger partial charge >= 0.3 is 17.9 Å². The van der Waals surface area contributed by atoms with Gasteiger partial charge in [0.15, 0.2) is 0 Å². The van der Waals surface area contributed by atoms with Gasteiger partial charge in [-0.15, -0.1) is 0 Å². The molecule has 5 rings (SSSR count). The Morgan fingerprint density at radius 1 is 0.520 bits per heavy atom. The third-order valence-electron chi connectivity index (χ3n) is 12.0. The SMILES string of the molecule is CCCCC(NC(=O)C(CC(=O)O)NC(=O)C(Cc1ccccc1)NNC(Cc1ccccc1)C(=O)NCC(=O)NC(C)C(=O)NC(Cc1ccc(O)cc1)C(=O)O)C(=O)NC(Cc1c[nH]c2ccccc12)C(=O)O. The number of hydrogen-bond donors (Lipinski definition) is 13. The molecule has 0 fully saturated rings. The third kappa shape index (κ3) is 18.4. The summed E-state index contributed by atoms with van der Waals surface area (Å²) in [7, 11) is 0. The van der Waals surface area contributed by atoms with E-state index in [0.29, 0.717) is 35.1 Å². The van der Waals surface area contributed by atoms with Crippen LogP contribution in [0, 0.1) is 0 Å². The first kappa shape index (κ1) is 57.3. The number of aliphatic carboxylic acids is 3. The number of aromatic nitrogens is 1. The zero-order valence-electron chi connectivity index (χ0n) is 41.3. The number of phenols is 1. The number of H-pyrrole nitrogens is 1. The molecule has 0 spiro atoms. The number of hydrazine groups is 1. The van der Waals surface area contributed by atoms with Gasteiger partial charge in [-0.05, 0) is 66.6 Å². The van der Waals surface area contributed by atoms with E-state index in [1.807, 2.05) is 25.1 Å². The largest absolute Gasteiger partial charge is 0.508 e. The van der Waals surface area contributed by atoms with Gasteiger partial charge < -0.3 is 57.3 Å². The highest BCUT2D eigenvalue weighted by Crippen LogP contribution is 2.20. The van der Waals surface area contributed by atoms with Gasteiger partial charge in [-0.25, -0.2) is 20.4 Å². The van der Waals surface area contributed by atoms with Crippen LogP contribution in [0.15, 0.2) is 115 Å². The number of carboxylic acid groups (broad SMARTS) is 3. The fourth-order valence-corrected chi connectivity index (χ4v) is 7.93. The number of rotatable bonds is 30. The van der Waals surface area contributed by atoms with Gasteiger partial charge in [0.05, 0.1) is 13.0 Å². The number of carbonyl (C=O) groups excluding carboxylic acids is 6. The zero-order chi connectivity index (χ0) is 54.4. The second-order valence-corrected chi connectivity index (χ2v) is 17.9. The summed E-state index contributed by atoms with van der Waals surface area (Å²) in [6.07, 6.45) is 1.54. The van der Waals surface area contributed by atoms with Crippen LogP contribution in [-0.4, -0.2) is 128 Å². The summed E-state index contributed by atoms with van der Waals surface area (Å²) in [6.45, 7) is 2.54. The molecule has 75 heavy (non-hydrogen) atoms. The molecule has 1 aromatic heterocycles. The lowest BCUT2D eigenvalue weighted by molar-refractivity contribution is -0.143. The molecule has 7 unspecified atom stereocenters. The van der Waals surface area contributed by atoms with Gasteiger partial charge in [-0.3, -0.25) is 33.6 Å². The van der Waals surface area contributed by atoms with Crippen LogP contribution in [0.25, 0.3) is 10.9 Å². The van der Waals surface area contributed by atoms with Crippen LogP contribution in [0.3, 0.4) is 0 Å². The summed E-state index contributed by atoms with van der Waals surface area (Å²) in [5.41, 5.74) is 8.93. The molecule has 4 aromatic carbocycles. The Balaban J connectivity index is 1.27. The minimum Gasteiger partial charge on any atom is -0.508 e. The van der Waals surface area contributed by atoms with Gasteiger partial charge in [-0.1, -0.05) is 111 Å². The highest BCUT2D eigenvalue weighted by Gasteiger charge is 2.33. The molecule has 7 atom stereocenters. The van der Waals surface area contributed by atoms with E-state index in [1.54, 1.807) is 72.9 Å². The van der Waals surface area contributed by atoms with Crippen molar-refractivity contribution >= 4 is 64.3 Å². The molecule has 0 radical (unpaired) electrons. The average Bonchev–Trinajstić information content (AvgIpc) is 3.80. The maximum absolute atomic E-state index is 14.3. The van der Waals surface area contributed by atoms with Crippen molar-refractivity contribution in [1.29, 1.82) is 0 Å². The summed E-state index contributed by atoms with van der Waals surface area (Å²) in [4.78, 5) is 121. The van der Waals surface area contributed by atoms with Gasteiger partial charge in [0.2, 0.25) is 35.4 Å². The molecule has 0 saturated carbocycles. The molecule has 5 aromatic rings. The molecule has 0 bridgehead atoms. The van der Waals surface area contributed by atoms with E-state index in [4.69, 9.17) is 0 Å². The lowest BCUT2D eigenvalue weighted by atomic mass is 10.0. The van der Waals surface area contributed by atoms with Crippen molar-refractivity contribution in [2.75, 3.05) is 6.54 Å². The predicted octanol–water partition coefficient (Wildman–Crippen LogP) is 1.37. The summed E-state index contributed by atoms with van der Waals surface area (Å²) in [5.74, 6) is -9.23. The quantitative estimate of drug-likeness (QED) is 0.0289. The van der Waals surface area contributed by atoms with Crippen molar-refractivity contribution in [3.05, 3.63) is 138 Å². The highest BCUT2D eigenvalue weighted by molar-refractivity contribution is 5.96. The Morgan fingerprint density at radius 3 is 1.59 bits per heavy atom. The number of benzene rings is 4. The molecule has 13 N–H and O–H groups in total. The van der Waals surface area contributed by atoms with E-state index in [9.17, 15) is 63.6 Å². The number of phenolic OH excluding ortho intramolecular Hbond substituents is 1. The Bertz CT molecular complexity index is 2760. The standard InChI is InChI=1S/C53H63N9O13/c1-3-4-18-39(49(69)60-44(53(74)75)27-35-29-54-38-19-12-11-17-37(35)38)57-50(70)40(28-46(65)66)58-51(71)42(25-33-15-9-6-10-16-33)62-61-41(24-32-13-7-5-8-14-32)48(68)55-30-45(64)56-31(2)47(67)59-43(52(72)73)26-34-20-22-36(63)23-21-34/h5-17,19-23,29,31,39-44,54,61-63H,3-4,18,24-28,30H2,1-2H3,(H,55,68)(H,56,64)(H,57,70)(H,58,71)(H,59,67)(H,60,69)(H,65,66)(H,72,73)(H,74,75). The van der Waals surface area contributed by atoms with E-state index >= 15 is 0 Å². The van der Waals surface area contributed by atoms with Crippen LogP contribution in [0.5, 0.6) is 5.75 Å². The molecule has 6 amide bonds. The fraction of sp³-hybridized carbons (Fsp3) is 0.340. The van der Waals surface area contributed by atoms with Crippen molar-refractivity contribution in [2.24, 2.45) is 0 Å². The smallest absolute Gasteiger partial charge is 0.326 e. The summed E-state index contributed by atoms with van der Waals surface area (Å²) in [5, 5.41) is 54.9. The normalized spacial score (nSPS) is 13.8. The molecule has 398 valence electrons. The maximum atomic E-state index is 14.3. The third-order valence-corrected chi connectivity index (χ3v) is 12.0. The van der Waals surface area contributed by atoms with Crippen molar-refractivity contribution in [3.8, 4) is 5.75 Å². The highest BCUT2D eigenvalue weighted by atomic mass is 16.4. The Labute approximate surface area is 431 Å². The molecule has 0 aliphatic carbocycles. The molecule has 0 aliphatic heterocycles. The second-order valence-electron chi connectivity index (χ2n) is 17.9. The van der Waals surface area contributed by atoms with Crippen molar-refractivity contribution < 1.29 is 63.6 Å². The first-order chi connectivity index (χ1) is 35.9. The second kappa shape index (κ2) is 28.6. The van der Waals surface area contributed by atoms with E-state index in [1.165, 1.54) is 31.2 Å². The Morgan fingerprint density at radius 2 is 1.00 bits per heavy atom. The van der Waals surface area contributed by atoms with Crippen molar-refractivity contribution in [3.63, 3.8) is 0 Å². The lowest BCUT2D eigenvalue weighted by Crippen LogP contribution is -2.61. The number of unbranched alkanes of at least 4 members (excludes halogenated alkanes) is 1. The number of amides is 6. The van der Waals surface area contributed by atoms with Gasteiger partial charge in [0, 0.05) is 29.9 Å². The van der Waals surface area contributed by atoms with Crippen LogP contribution in [-0.2, 0) is 68.8 Å². The number of para-hydroxylation sites is 1. The minimum absolute atomic E-state index is 0.00710. The average molecular weight is 1030 g/mol. The van der Waals surface area contributed by atoms with E-state index in [2.05, 4.69) is 47.7 Å². The van der Waals surface area contributed by atoms with Crippen LogP contribution in [0.1, 0.15) is 61.8 Å². The molecule has 22 heteroatoms. The van der Waals surface area contributed by atoms with Gasteiger partial charge in [0.1, 0.15) is 48.0 Å². The molecule has 22 nitrogen and oxygen atoms in total. The Hall–Kier alpha value is -8.63.